The largest absolute Gasteiger partial charge is 0.390 e. The highest BCUT2D eigenvalue weighted by molar-refractivity contribution is 5.78. The molecule has 2 aliphatic heterocycles. The molecule has 0 saturated carbocycles. The standard InChI is InChI=1S/C13H24N2O2/c1-11-4-7-14(8-5-11)9-12(16)10-15-6-2-3-13(15)17/h11-12,16H,2-10H2,1H3. The zero-order chi connectivity index (χ0) is 12.3. The lowest BCUT2D eigenvalue weighted by Crippen LogP contribution is -2.43. The summed E-state index contributed by atoms with van der Waals surface area (Å²) in [4.78, 5) is 15.6. The molecule has 1 N–H and O–H groups in total. The minimum atomic E-state index is -0.384. The number of aliphatic hydroxyl groups excluding tert-OH is 1. The van der Waals surface area contributed by atoms with Gasteiger partial charge in [-0.3, -0.25) is 4.79 Å². The number of β-amino-alcohol motifs (C(OH)–C–C–N with tert-alkyl or cyclic N) is 1. The van der Waals surface area contributed by atoms with Crippen LogP contribution in [-0.2, 0) is 4.79 Å². The summed E-state index contributed by atoms with van der Waals surface area (Å²) in [7, 11) is 0. The first-order chi connectivity index (χ1) is 8.15. The third-order valence-electron chi connectivity index (χ3n) is 3.95. The number of carbonyl (C=O) groups is 1. The van der Waals surface area contributed by atoms with Crippen molar-refractivity contribution >= 4 is 5.91 Å². The van der Waals surface area contributed by atoms with Crippen molar-refractivity contribution in [2.75, 3.05) is 32.7 Å². The van der Waals surface area contributed by atoms with Crippen LogP contribution in [0.5, 0.6) is 0 Å². The lowest BCUT2D eigenvalue weighted by Gasteiger charge is -2.32. The van der Waals surface area contributed by atoms with Gasteiger partial charge in [0.2, 0.25) is 5.91 Å². The number of aliphatic hydroxyl groups is 1. The van der Waals surface area contributed by atoms with Crippen LogP contribution in [0.15, 0.2) is 0 Å². The molecule has 4 nitrogen and oxygen atoms in total. The van der Waals surface area contributed by atoms with E-state index in [1.165, 1.54) is 12.8 Å². The molecule has 0 radical (unpaired) electrons. The van der Waals surface area contributed by atoms with E-state index in [4.69, 9.17) is 0 Å². The molecule has 1 amide bonds. The van der Waals surface area contributed by atoms with Crippen LogP contribution in [0, 0.1) is 5.92 Å². The summed E-state index contributed by atoms with van der Waals surface area (Å²) in [6.07, 6.45) is 3.69. The second-order valence-electron chi connectivity index (χ2n) is 5.58. The first-order valence-electron chi connectivity index (χ1n) is 6.83. The van der Waals surface area contributed by atoms with E-state index in [1.807, 2.05) is 0 Å². The molecule has 1 unspecified atom stereocenters. The molecular weight excluding hydrogens is 216 g/mol. The molecule has 1 atom stereocenters. The number of carbonyl (C=O) groups excluding carboxylic acids is 1. The van der Waals surface area contributed by atoms with Gasteiger partial charge in [-0.15, -0.1) is 0 Å². The van der Waals surface area contributed by atoms with Crippen molar-refractivity contribution in [1.29, 1.82) is 0 Å². The Balaban J connectivity index is 1.69. The summed E-state index contributed by atoms with van der Waals surface area (Å²) in [6.45, 7) is 6.53. The zero-order valence-corrected chi connectivity index (χ0v) is 10.8. The molecule has 0 aromatic rings. The predicted molar refractivity (Wildman–Crippen MR) is 66.7 cm³/mol. The predicted octanol–water partition coefficient (Wildman–Crippen LogP) is 0.702. The molecule has 2 rings (SSSR count). The van der Waals surface area contributed by atoms with E-state index in [1.54, 1.807) is 4.90 Å². The molecule has 2 fully saturated rings. The molecule has 2 saturated heterocycles. The van der Waals surface area contributed by atoms with Gasteiger partial charge in [0.25, 0.3) is 0 Å². The summed E-state index contributed by atoms with van der Waals surface area (Å²) in [5, 5.41) is 10.0. The molecule has 0 aromatic heterocycles. The number of piperidine rings is 1. The fraction of sp³-hybridized carbons (Fsp3) is 0.923. The van der Waals surface area contributed by atoms with Gasteiger partial charge < -0.3 is 14.9 Å². The first kappa shape index (κ1) is 12.8. The molecule has 4 heteroatoms. The first-order valence-corrected chi connectivity index (χ1v) is 6.83. The van der Waals surface area contributed by atoms with E-state index in [2.05, 4.69) is 11.8 Å². The Hall–Kier alpha value is -0.610. The van der Waals surface area contributed by atoms with Gasteiger partial charge in [0.05, 0.1) is 6.10 Å². The average molecular weight is 240 g/mol. The zero-order valence-electron chi connectivity index (χ0n) is 10.8. The number of rotatable bonds is 4. The van der Waals surface area contributed by atoms with E-state index >= 15 is 0 Å². The number of hydrogen-bond acceptors (Lipinski definition) is 3. The van der Waals surface area contributed by atoms with Crippen molar-refractivity contribution in [3.63, 3.8) is 0 Å². The molecular formula is C13H24N2O2. The smallest absolute Gasteiger partial charge is 0.222 e. The Morgan fingerprint density at radius 1 is 1.29 bits per heavy atom. The van der Waals surface area contributed by atoms with E-state index in [9.17, 15) is 9.90 Å². The number of nitrogens with zero attached hydrogens (tertiary/aromatic N) is 2. The van der Waals surface area contributed by atoms with Crippen molar-refractivity contribution in [3.8, 4) is 0 Å². The maximum atomic E-state index is 11.4. The van der Waals surface area contributed by atoms with E-state index < -0.39 is 0 Å². The fourth-order valence-electron chi connectivity index (χ4n) is 2.75. The molecule has 2 aliphatic rings. The Labute approximate surface area is 104 Å². The van der Waals surface area contributed by atoms with Crippen LogP contribution < -0.4 is 0 Å². The van der Waals surface area contributed by atoms with Crippen LogP contribution >= 0.6 is 0 Å². The molecule has 0 bridgehead atoms. The van der Waals surface area contributed by atoms with E-state index in [0.29, 0.717) is 13.0 Å². The lowest BCUT2D eigenvalue weighted by atomic mass is 9.99. The second kappa shape index (κ2) is 5.83. The van der Waals surface area contributed by atoms with Crippen LogP contribution in [0.4, 0.5) is 0 Å². The SMILES string of the molecule is CC1CCN(CC(O)CN2CCCC2=O)CC1. The van der Waals surface area contributed by atoms with Crippen molar-refractivity contribution in [2.45, 2.75) is 38.7 Å². The van der Waals surface area contributed by atoms with E-state index in [0.717, 1.165) is 38.5 Å². The summed E-state index contributed by atoms with van der Waals surface area (Å²) in [5.41, 5.74) is 0. The van der Waals surface area contributed by atoms with E-state index in [-0.39, 0.29) is 12.0 Å². The van der Waals surface area contributed by atoms with Crippen LogP contribution in [-0.4, -0.2) is 59.6 Å². The Morgan fingerprint density at radius 3 is 2.59 bits per heavy atom. The minimum absolute atomic E-state index is 0.205. The van der Waals surface area contributed by atoms with Crippen LogP contribution in [0.2, 0.25) is 0 Å². The van der Waals surface area contributed by atoms with Gasteiger partial charge in [0.1, 0.15) is 0 Å². The number of likely N-dealkylation sites (tertiary alicyclic amines) is 2. The average Bonchev–Trinajstić information content (AvgIpc) is 2.68. The van der Waals surface area contributed by atoms with Gasteiger partial charge in [-0.05, 0) is 38.3 Å². The van der Waals surface area contributed by atoms with Gasteiger partial charge in [-0.25, -0.2) is 0 Å². The third kappa shape index (κ3) is 3.68. The maximum Gasteiger partial charge on any atom is 0.222 e. The lowest BCUT2D eigenvalue weighted by molar-refractivity contribution is -0.129. The Bertz CT molecular complexity index is 262. The minimum Gasteiger partial charge on any atom is -0.390 e. The van der Waals surface area contributed by atoms with Crippen molar-refractivity contribution in [3.05, 3.63) is 0 Å². The third-order valence-corrected chi connectivity index (χ3v) is 3.95. The summed E-state index contributed by atoms with van der Waals surface area (Å²) >= 11 is 0. The fourth-order valence-corrected chi connectivity index (χ4v) is 2.75. The van der Waals surface area contributed by atoms with Crippen LogP contribution in [0.25, 0.3) is 0 Å². The van der Waals surface area contributed by atoms with Crippen molar-refractivity contribution in [1.82, 2.24) is 9.80 Å². The summed E-state index contributed by atoms with van der Waals surface area (Å²) < 4.78 is 0. The molecule has 2 heterocycles. The van der Waals surface area contributed by atoms with Crippen molar-refractivity contribution in [2.24, 2.45) is 5.92 Å². The summed E-state index contributed by atoms with van der Waals surface area (Å²) in [5.74, 6) is 1.03. The van der Waals surface area contributed by atoms with Gasteiger partial charge in [0, 0.05) is 26.1 Å². The Kier molecular flexibility index (Phi) is 4.40. The quantitative estimate of drug-likeness (QED) is 0.787. The van der Waals surface area contributed by atoms with Gasteiger partial charge >= 0.3 is 0 Å². The second-order valence-corrected chi connectivity index (χ2v) is 5.58. The highest BCUT2D eigenvalue weighted by Gasteiger charge is 2.24. The van der Waals surface area contributed by atoms with Crippen LogP contribution in [0.1, 0.15) is 32.6 Å². The maximum absolute atomic E-state index is 11.4. The molecule has 0 aromatic carbocycles. The highest BCUT2D eigenvalue weighted by atomic mass is 16.3. The number of amides is 1. The molecule has 0 aliphatic carbocycles. The topological polar surface area (TPSA) is 43.8 Å². The highest BCUT2D eigenvalue weighted by Crippen LogP contribution is 2.16. The molecule has 0 spiro atoms. The molecule has 17 heavy (non-hydrogen) atoms. The normalized spacial score (nSPS) is 25.5. The van der Waals surface area contributed by atoms with Gasteiger partial charge in [-0.2, -0.15) is 0 Å². The van der Waals surface area contributed by atoms with Gasteiger partial charge in [-0.1, -0.05) is 6.92 Å². The summed E-state index contributed by atoms with van der Waals surface area (Å²) in [6, 6.07) is 0. The van der Waals surface area contributed by atoms with Gasteiger partial charge in [0.15, 0.2) is 0 Å². The number of hydrogen-bond donors (Lipinski definition) is 1. The van der Waals surface area contributed by atoms with Crippen LogP contribution in [0.3, 0.4) is 0 Å². The van der Waals surface area contributed by atoms with Crippen molar-refractivity contribution < 1.29 is 9.90 Å². The monoisotopic (exact) mass is 240 g/mol. The Morgan fingerprint density at radius 2 is 2.00 bits per heavy atom. The molecule has 98 valence electrons.